The Morgan fingerprint density at radius 1 is 0.923 bits per heavy atom. The van der Waals surface area contributed by atoms with E-state index in [1.54, 1.807) is 14.8 Å². The van der Waals surface area contributed by atoms with Crippen LogP contribution in [0.2, 0.25) is 0 Å². The molecule has 0 aliphatic carbocycles. The number of hydrogen-bond acceptors (Lipinski definition) is 6. The minimum absolute atomic E-state index is 0.109. The van der Waals surface area contributed by atoms with Crippen LogP contribution in [0.4, 0.5) is 5.82 Å². The van der Waals surface area contributed by atoms with Gasteiger partial charge in [0.1, 0.15) is 11.6 Å². The zero-order valence-electron chi connectivity index (χ0n) is 16.2. The van der Waals surface area contributed by atoms with Crippen LogP contribution in [0, 0.1) is 0 Å². The Morgan fingerprint density at radius 2 is 1.46 bits per heavy atom. The van der Waals surface area contributed by atoms with E-state index in [1.165, 1.54) is 0 Å². The third-order valence-electron chi connectivity index (χ3n) is 4.99. The molecule has 3 rings (SSSR count). The summed E-state index contributed by atoms with van der Waals surface area (Å²) in [5, 5.41) is 0. The molecule has 2 aliphatic rings. The fraction of sp³-hybridized carbons (Fsp3) is 0.765. The summed E-state index contributed by atoms with van der Waals surface area (Å²) in [6, 6.07) is 1.90. The molecule has 0 spiro atoms. The number of rotatable bonds is 3. The summed E-state index contributed by atoms with van der Waals surface area (Å²) in [6.45, 7) is 11.3. The molecule has 146 valence electrons. The fourth-order valence-electron chi connectivity index (χ4n) is 3.22. The monoisotopic (exact) mass is 382 g/mol. The Balaban J connectivity index is 1.64. The molecule has 0 radical (unpaired) electrons. The average molecular weight is 383 g/mol. The van der Waals surface area contributed by atoms with Crippen LogP contribution >= 0.6 is 0 Å². The van der Waals surface area contributed by atoms with Crippen molar-refractivity contribution in [1.82, 2.24) is 23.5 Å². The minimum atomic E-state index is -3.36. The van der Waals surface area contributed by atoms with E-state index < -0.39 is 10.2 Å². The number of hydrogen-bond donors (Lipinski definition) is 0. The Hall–Kier alpha value is -1.29. The van der Waals surface area contributed by atoms with Crippen molar-refractivity contribution < 1.29 is 8.42 Å². The van der Waals surface area contributed by atoms with Crippen LogP contribution in [0.15, 0.2) is 12.3 Å². The lowest BCUT2D eigenvalue weighted by Gasteiger charge is -2.39. The zero-order valence-corrected chi connectivity index (χ0v) is 17.0. The number of nitrogens with zero attached hydrogens (tertiary/aromatic N) is 6. The Labute approximate surface area is 157 Å². The summed E-state index contributed by atoms with van der Waals surface area (Å²) in [5.41, 5.74) is -0.109. The maximum absolute atomic E-state index is 12.9. The minimum Gasteiger partial charge on any atom is -0.354 e. The van der Waals surface area contributed by atoms with Crippen molar-refractivity contribution in [1.29, 1.82) is 0 Å². The number of likely N-dealkylation sites (N-methyl/N-ethyl adjacent to an activating group) is 1. The van der Waals surface area contributed by atoms with E-state index in [9.17, 15) is 8.42 Å². The predicted molar refractivity (Wildman–Crippen MR) is 103 cm³/mol. The van der Waals surface area contributed by atoms with Crippen molar-refractivity contribution in [3.8, 4) is 0 Å². The maximum atomic E-state index is 12.9. The van der Waals surface area contributed by atoms with Gasteiger partial charge in [-0.15, -0.1) is 0 Å². The molecule has 0 bridgehead atoms. The van der Waals surface area contributed by atoms with Crippen LogP contribution in [0.5, 0.6) is 0 Å². The van der Waals surface area contributed by atoms with Gasteiger partial charge in [0.05, 0.1) is 0 Å². The average Bonchev–Trinajstić information content (AvgIpc) is 2.62. The molecule has 0 amide bonds. The van der Waals surface area contributed by atoms with Crippen molar-refractivity contribution in [2.24, 2.45) is 0 Å². The molecule has 0 atom stereocenters. The molecule has 3 heterocycles. The Kier molecular flexibility index (Phi) is 5.53. The van der Waals surface area contributed by atoms with Crippen LogP contribution in [0.25, 0.3) is 0 Å². The van der Waals surface area contributed by atoms with Crippen LogP contribution in [0.1, 0.15) is 26.6 Å². The van der Waals surface area contributed by atoms with Gasteiger partial charge >= 0.3 is 0 Å². The van der Waals surface area contributed by atoms with Gasteiger partial charge < -0.3 is 9.80 Å². The molecule has 1 aromatic rings. The van der Waals surface area contributed by atoms with Gasteiger partial charge in [0, 0.05) is 64.0 Å². The van der Waals surface area contributed by atoms with Crippen LogP contribution < -0.4 is 4.90 Å². The van der Waals surface area contributed by atoms with Crippen LogP contribution in [0.3, 0.4) is 0 Å². The summed E-state index contributed by atoms with van der Waals surface area (Å²) >= 11 is 0. The molecule has 2 fully saturated rings. The molecule has 0 aromatic carbocycles. The van der Waals surface area contributed by atoms with Crippen molar-refractivity contribution in [3.05, 3.63) is 18.1 Å². The van der Waals surface area contributed by atoms with Gasteiger partial charge in [0.15, 0.2) is 0 Å². The normalized spacial score (nSPS) is 21.9. The first kappa shape index (κ1) is 19.5. The topological polar surface area (TPSA) is 72.9 Å². The lowest BCUT2D eigenvalue weighted by Crippen LogP contribution is -2.56. The van der Waals surface area contributed by atoms with Crippen molar-refractivity contribution in [2.45, 2.75) is 26.2 Å². The summed E-state index contributed by atoms with van der Waals surface area (Å²) in [4.78, 5) is 13.4. The Morgan fingerprint density at radius 3 is 2.00 bits per heavy atom. The van der Waals surface area contributed by atoms with Gasteiger partial charge in [-0.2, -0.15) is 17.0 Å². The second kappa shape index (κ2) is 7.38. The van der Waals surface area contributed by atoms with Gasteiger partial charge in [-0.3, -0.25) is 0 Å². The lowest BCUT2D eigenvalue weighted by molar-refractivity contribution is 0.210. The predicted octanol–water partition coefficient (Wildman–Crippen LogP) is 0.388. The number of aromatic nitrogens is 2. The molecule has 26 heavy (non-hydrogen) atoms. The van der Waals surface area contributed by atoms with E-state index >= 15 is 0 Å². The zero-order chi connectivity index (χ0) is 18.9. The molecular weight excluding hydrogens is 352 g/mol. The summed E-state index contributed by atoms with van der Waals surface area (Å²) in [6.07, 6.45) is 1.79. The first-order chi connectivity index (χ1) is 12.2. The largest absolute Gasteiger partial charge is 0.354 e. The van der Waals surface area contributed by atoms with E-state index in [-0.39, 0.29) is 5.41 Å². The van der Waals surface area contributed by atoms with E-state index in [1.807, 2.05) is 13.1 Å². The summed E-state index contributed by atoms with van der Waals surface area (Å²) in [7, 11) is -1.34. The third-order valence-corrected chi connectivity index (χ3v) is 7.02. The molecule has 0 unspecified atom stereocenters. The molecule has 2 saturated heterocycles. The van der Waals surface area contributed by atoms with Gasteiger partial charge in [-0.1, -0.05) is 20.8 Å². The van der Waals surface area contributed by atoms with Gasteiger partial charge in [-0.25, -0.2) is 9.97 Å². The van der Waals surface area contributed by atoms with Crippen LogP contribution in [-0.2, 0) is 15.6 Å². The SMILES string of the molecule is CN1CCN(S(=O)(=O)N2CCN(c3ccnc(C(C)(C)C)n3)CC2)CC1. The highest BCUT2D eigenvalue weighted by atomic mass is 32.2. The van der Waals surface area contributed by atoms with Crippen molar-refractivity contribution >= 4 is 16.0 Å². The lowest BCUT2D eigenvalue weighted by atomic mass is 9.96. The van der Waals surface area contributed by atoms with Crippen LogP contribution in [-0.4, -0.2) is 91.3 Å². The molecule has 9 heteroatoms. The molecular formula is C17H30N6O2S. The van der Waals surface area contributed by atoms with Gasteiger partial charge in [0.2, 0.25) is 0 Å². The number of anilines is 1. The highest BCUT2D eigenvalue weighted by molar-refractivity contribution is 7.86. The first-order valence-corrected chi connectivity index (χ1v) is 10.6. The van der Waals surface area contributed by atoms with Gasteiger partial charge in [-0.05, 0) is 13.1 Å². The Bertz CT molecular complexity index is 717. The third kappa shape index (κ3) is 4.16. The number of piperazine rings is 2. The van der Waals surface area contributed by atoms with Crippen molar-refractivity contribution in [3.63, 3.8) is 0 Å². The smallest absolute Gasteiger partial charge is 0.282 e. The van der Waals surface area contributed by atoms with E-state index in [0.717, 1.165) is 24.7 Å². The maximum Gasteiger partial charge on any atom is 0.282 e. The summed E-state index contributed by atoms with van der Waals surface area (Å²) < 4.78 is 29.0. The van der Waals surface area contributed by atoms with Crippen molar-refractivity contribution in [2.75, 3.05) is 64.3 Å². The van der Waals surface area contributed by atoms with E-state index in [0.29, 0.717) is 39.3 Å². The highest BCUT2D eigenvalue weighted by Gasteiger charge is 2.34. The molecule has 1 aromatic heterocycles. The summed E-state index contributed by atoms with van der Waals surface area (Å²) in [5.74, 6) is 1.68. The standard InChI is InChI=1S/C17H30N6O2S/c1-17(2,3)16-18-6-5-15(19-16)21-9-13-23(14-10-21)26(24,25)22-11-7-20(4)8-12-22/h5-6H,7-14H2,1-4H3. The molecule has 0 N–H and O–H groups in total. The second-order valence-corrected chi connectivity index (χ2v) is 10.0. The second-order valence-electron chi connectivity index (χ2n) is 8.08. The molecule has 8 nitrogen and oxygen atoms in total. The van der Waals surface area contributed by atoms with E-state index in [2.05, 4.69) is 40.5 Å². The first-order valence-electron chi connectivity index (χ1n) is 9.20. The fourth-order valence-corrected chi connectivity index (χ4v) is 4.79. The highest BCUT2D eigenvalue weighted by Crippen LogP contribution is 2.22. The molecule has 2 aliphatic heterocycles. The molecule has 0 saturated carbocycles. The van der Waals surface area contributed by atoms with E-state index in [4.69, 9.17) is 0 Å². The quantitative estimate of drug-likeness (QED) is 0.753. The van der Waals surface area contributed by atoms with Gasteiger partial charge in [0.25, 0.3) is 10.2 Å².